The summed E-state index contributed by atoms with van der Waals surface area (Å²) in [6, 6.07) is 15.1. The maximum Gasteiger partial charge on any atom is 0.419 e. The van der Waals surface area contributed by atoms with E-state index in [-0.39, 0.29) is 12.5 Å². The third-order valence-corrected chi connectivity index (χ3v) is 4.84. The van der Waals surface area contributed by atoms with Gasteiger partial charge in [0.25, 0.3) is 0 Å². The number of alkyl halides is 3. The molecule has 0 unspecified atom stereocenters. The molecule has 0 aliphatic heterocycles. The number of carboxylic acid groups (broad SMARTS) is 1. The summed E-state index contributed by atoms with van der Waals surface area (Å²) in [6.07, 6.45) is -8.01. The molecule has 2 aromatic rings. The molecule has 9 heteroatoms. The Labute approximate surface area is 163 Å². The SMILES string of the molecule is O=C(O)C[C@](O)(CNC(=O)OCC1c2ccccc2-c2ccccc21)C(F)(F)F. The number of alkyl carbamates (subject to hydrolysis) is 1. The molecule has 0 saturated carbocycles. The normalized spacial score (nSPS) is 15.2. The van der Waals surface area contributed by atoms with Crippen LogP contribution in [0.3, 0.4) is 0 Å². The lowest BCUT2D eigenvalue weighted by atomic mass is 9.98. The number of fused-ring (bicyclic) bond motifs is 3. The number of rotatable bonds is 6. The molecule has 6 nitrogen and oxygen atoms in total. The number of aliphatic hydroxyl groups is 1. The lowest BCUT2D eigenvalue weighted by molar-refractivity contribution is -0.259. The fraction of sp³-hybridized carbons (Fsp3) is 0.300. The Hall–Kier alpha value is -3.07. The molecule has 1 amide bonds. The number of halogens is 3. The number of benzene rings is 2. The number of carboxylic acids is 1. The Morgan fingerprint density at radius 2 is 1.52 bits per heavy atom. The molecular formula is C20H18F3NO5. The Bertz CT molecular complexity index is 885. The van der Waals surface area contributed by atoms with Crippen LogP contribution in [0.1, 0.15) is 23.5 Å². The fourth-order valence-electron chi connectivity index (χ4n) is 3.38. The lowest BCUT2D eigenvalue weighted by Crippen LogP contribution is -2.54. The first-order valence-corrected chi connectivity index (χ1v) is 8.72. The molecule has 3 rings (SSSR count). The molecular weight excluding hydrogens is 391 g/mol. The van der Waals surface area contributed by atoms with E-state index in [2.05, 4.69) is 0 Å². The van der Waals surface area contributed by atoms with Crippen LogP contribution < -0.4 is 5.32 Å². The zero-order valence-corrected chi connectivity index (χ0v) is 15.1. The molecule has 3 N–H and O–H groups in total. The summed E-state index contributed by atoms with van der Waals surface area (Å²) in [5.74, 6) is -2.13. The van der Waals surface area contributed by atoms with Gasteiger partial charge in [0, 0.05) is 5.92 Å². The Kier molecular flexibility index (Phi) is 5.52. The van der Waals surface area contributed by atoms with E-state index in [0.717, 1.165) is 22.3 Å². The summed E-state index contributed by atoms with van der Waals surface area (Å²) in [6.45, 7) is -1.46. The molecule has 2 aromatic carbocycles. The van der Waals surface area contributed by atoms with Crippen molar-refractivity contribution < 1.29 is 37.7 Å². The summed E-state index contributed by atoms with van der Waals surface area (Å²) in [5, 5.41) is 20.1. The monoisotopic (exact) mass is 409 g/mol. The van der Waals surface area contributed by atoms with Gasteiger partial charge in [-0.3, -0.25) is 4.79 Å². The van der Waals surface area contributed by atoms with Crippen LogP contribution in [-0.4, -0.2) is 47.2 Å². The number of nitrogens with one attached hydrogen (secondary N) is 1. The largest absolute Gasteiger partial charge is 0.481 e. The molecule has 0 bridgehead atoms. The number of ether oxygens (including phenoxy) is 1. The highest BCUT2D eigenvalue weighted by atomic mass is 19.4. The standard InChI is InChI=1S/C20H18F3NO5/c21-20(22,23)19(28,9-17(25)26)11-24-18(27)29-10-16-14-7-3-1-5-12(14)13-6-2-4-8-15(13)16/h1-8,16,28H,9-11H2,(H,24,27)(H,25,26)/t19-/m0/s1. The molecule has 29 heavy (non-hydrogen) atoms. The van der Waals surface area contributed by atoms with Gasteiger partial charge in [-0.15, -0.1) is 0 Å². The molecule has 1 atom stereocenters. The van der Waals surface area contributed by atoms with Crippen molar-refractivity contribution in [2.24, 2.45) is 0 Å². The van der Waals surface area contributed by atoms with E-state index in [0.29, 0.717) is 0 Å². The van der Waals surface area contributed by atoms with Gasteiger partial charge in [0.2, 0.25) is 0 Å². The molecule has 154 valence electrons. The predicted molar refractivity (Wildman–Crippen MR) is 96.3 cm³/mol. The van der Waals surface area contributed by atoms with Crippen LogP contribution in [0.15, 0.2) is 48.5 Å². The average molecular weight is 409 g/mol. The van der Waals surface area contributed by atoms with Gasteiger partial charge in [0.05, 0.1) is 13.0 Å². The molecule has 0 fully saturated rings. The smallest absolute Gasteiger partial charge is 0.419 e. The minimum absolute atomic E-state index is 0.122. The van der Waals surface area contributed by atoms with Crippen LogP contribution in [0.4, 0.5) is 18.0 Å². The number of amides is 1. The summed E-state index contributed by atoms with van der Waals surface area (Å²) in [5.41, 5.74) is 0.248. The van der Waals surface area contributed by atoms with Crippen molar-refractivity contribution in [2.75, 3.05) is 13.2 Å². The topological polar surface area (TPSA) is 95.9 Å². The number of aliphatic carboxylic acids is 1. The van der Waals surface area contributed by atoms with E-state index in [4.69, 9.17) is 9.84 Å². The first-order valence-electron chi connectivity index (χ1n) is 8.72. The lowest BCUT2D eigenvalue weighted by Gasteiger charge is -2.29. The Morgan fingerprint density at radius 1 is 1.00 bits per heavy atom. The van der Waals surface area contributed by atoms with Gasteiger partial charge in [0.1, 0.15) is 6.61 Å². The maximum atomic E-state index is 13.0. The highest BCUT2D eigenvalue weighted by Gasteiger charge is 2.55. The van der Waals surface area contributed by atoms with Crippen molar-refractivity contribution in [3.05, 3.63) is 59.7 Å². The van der Waals surface area contributed by atoms with Crippen LogP contribution in [-0.2, 0) is 9.53 Å². The highest BCUT2D eigenvalue weighted by molar-refractivity contribution is 5.79. The third kappa shape index (κ3) is 4.19. The molecule has 0 aromatic heterocycles. The maximum absolute atomic E-state index is 13.0. The molecule has 0 saturated heterocycles. The Morgan fingerprint density at radius 3 is 2.00 bits per heavy atom. The van der Waals surface area contributed by atoms with Gasteiger partial charge >= 0.3 is 18.2 Å². The molecule has 1 aliphatic rings. The molecule has 1 aliphatic carbocycles. The van der Waals surface area contributed by atoms with Crippen molar-refractivity contribution in [2.45, 2.75) is 24.1 Å². The minimum Gasteiger partial charge on any atom is -0.481 e. The summed E-state index contributed by atoms with van der Waals surface area (Å²) >= 11 is 0. The van der Waals surface area contributed by atoms with E-state index >= 15 is 0 Å². The minimum atomic E-state index is -5.23. The zero-order valence-electron chi connectivity index (χ0n) is 15.1. The van der Waals surface area contributed by atoms with E-state index in [1.807, 2.05) is 53.8 Å². The van der Waals surface area contributed by atoms with Crippen LogP contribution in [0.2, 0.25) is 0 Å². The van der Waals surface area contributed by atoms with Gasteiger partial charge in [-0.05, 0) is 22.3 Å². The van der Waals surface area contributed by atoms with Gasteiger partial charge in [-0.1, -0.05) is 48.5 Å². The second-order valence-corrected chi connectivity index (χ2v) is 6.78. The first kappa shape index (κ1) is 20.7. The quantitative estimate of drug-likeness (QED) is 0.681. The van der Waals surface area contributed by atoms with Crippen LogP contribution in [0, 0.1) is 0 Å². The van der Waals surface area contributed by atoms with Crippen LogP contribution in [0.5, 0.6) is 0 Å². The van der Waals surface area contributed by atoms with Crippen molar-refractivity contribution in [3.63, 3.8) is 0 Å². The molecule has 0 radical (unpaired) electrons. The van der Waals surface area contributed by atoms with E-state index < -0.39 is 36.8 Å². The fourth-order valence-corrected chi connectivity index (χ4v) is 3.38. The van der Waals surface area contributed by atoms with Gasteiger partial charge < -0.3 is 20.3 Å². The number of hydrogen-bond acceptors (Lipinski definition) is 4. The zero-order chi connectivity index (χ0) is 21.2. The van der Waals surface area contributed by atoms with Gasteiger partial charge in [0.15, 0.2) is 5.60 Å². The second kappa shape index (κ2) is 7.75. The summed E-state index contributed by atoms with van der Waals surface area (Å²) in [7, 11) is 0. The van der Waals surface area contributed by atoms with E-state index in [9.17, 15) is 27.9 Å². The van der Waals surface area contributed by atoms with Crippen molar-refractivity contribution >= 4 is 12.1 Å². The summed E-state index contributed by atoms with van der Waals surface area (Å²) in [4.78, 5) is 22.6. The van der Waals surface area contributed by atoms with Crippen molar-refractivity contribution in [1.29, 1.82) is 0 Å². The predicted octanol–water partition coefficient (Wildman–Crippen LogP) is 3.29. The highest BCUT2D eigenvalue weighted by Crippen LogP contribution is 2.44. The second-order valence-electron chi connectivity index (χ2n) is 6.78. The average Bonchev–Trinajstić information content (AvgIpc) is 2.97. The molecule has 0 heterocycles. The third-order valence-electron chi connectivity index (χ3n) is 4.84. The molecule has 0 spiro atoms. The van der Waals surface area contributed by atoms with E-state index in [1.165, 1.54) is 0 Å². The number of hydrogen-bond donors (Lipinski definition) is 3. The number of carbonyl (C=O) groups is 2. The van der Waals surface area contributed by atoms with Crippen LogP contribution >= 0.6 is 0 Å². The summed E-state index contributed by atoms with van der Waals surface area (Å²) < 4.78 is 44.0. The van der Waals surface area contributed by atoms with E-state index in [1.54, 1.807) is 0 Å². The Balaban J connectivity index is 1.66. The van der Waals surface area contributed by atoms with Gasteiger partial charge in [-0.2, -0.15) is 13.2 Å². The van der Waals surface area contributed by atoms with Crippen molar-refractivity contribution in [1.82, 2.24) is 5.32 Å². The first-order chi connectivity index (χ1) is 13.6. The number of carbonyl (C=O) groups excluding carboxylic acids is 1. The van der Waals surface area contributed by atoms with Crippen molar-refractivity contribution in [3.8, 4) is 11.1 Å². The van der Waals surface area contributed by atoms with Crippen LogP contribution in [0.25, 0.3) is 11.1 Å². The van der Waals surface area contributed by atoms with Gasteiger partial charge in [-0.25, -0.2) is 4.79 Å².